The molecule has 3 nitrogen and oxygen atoms in total. The molecule has 0 saturated heterocycles. The summed E-state index contributed by atoms with van der Waals surface area (Å²) >= 11 is 0. The maximum Gasteiger partial charge on any atom is 0.0543 e. The summed E-state index contributed by atoms with van der Waals surface area (Å²) in [7, 11) is 2.16. The van der Waals surface area contributed by atoms with E-state index in [9.17, 15) is 0 Å². The number of pyridine rings is 1. The third-order valence-corrected chi connectivity index (χ3v) is 4.17. The van der Waals surface area contributed by atoms with Crippen molar-refractivity contribution >= 4 is 0 Å². The maximum atomic E-state index is 5.95. The topological polar surface area (TPSA) is 42.1 Å². The Kier molecular flexibility index (Phi) is 10.1. The molecule has 1 heterocycles. The molecule has 0 aliphatic rings. The lowest BCUT2D eigenvalue weighted by molar-refractivity contribution is 0.220. The molecule has 0 fully saturated rings. The van der Waals surface area contributed by atoms with E-state index in [2.05, 4.69) is 29.9 Å². The molecule has 1 unspecified atom stereocenters. The average molecular weight is 291 g/mol. The Bertz CT molecular complexity index is 340. The highest BCUT2D eigenvalue weighted by molar-refractivity contribution is 5.03. The van der Waals surface area contributed by atoms with Crippen molar-refractivity contribution < 1.29 is 0 Å². The van der Waals surface area contributed by atoms with Crippen molar-refractivity contribution in [2.75, 3.05) is 13.6 Å². The number of hydrogen-bond donors (Lipinski definition) is 1. The molecule has 0 aliphatic carbocycles. The fourth-order valence-electron chi connectivity index (χ4n) is 2.73. The zero-order valence-electron chi connectivity index (χ0n) is 13.9. The first-order chi connectivity index (χ1) is 10.3. The van der Waals surface area contributed by atoms with Crippen molar-refractivity contribution in [3.05, 3.63) is 30.1 Å². The second kappa shape index (κ2) is 11.7. The molecule has 21 heavy (non-hydrogen) atoms. The van der Waals surface area contributed by atoms with Gasteiger partial charge in [-0.1, -0.05) is 57.9 Å². The van der Waals surface area contributed by atoms with Crippen LogP contribution in [0.4, 0.5) is 0 Å². The minimum atomic E-state index is 0.475. The fraction of sp³-hybridized carbons (Fsp3) is 0.722. The first-order valence-electron chi connectivity index (χ1n) is 8.58. The van der Waals surface area contributed by atoms with Crippen LogP contribution in [0.3, 0.4) is 0 Å². The largest absolute Gasteiger partial charge is 0.329 e. The van der Waals surface area contributed by atoms with Gasteiger partial charge in [0.2, 0.25) is 0 Å². The molecule has 0 bridgehead atoms. The Hall–Kier alpha value is -0.930. The molecular weight excluding hydrogens is 258 g/mol. The lowest BCUT2D eigenvalue weighted by Crippen LogP contribution is -2.37. The smallest absolute Gasteiger partial charge is 0.0543 e. The lowest BCUT2D eigenvalue weighted by Gasteiger charge is -2.26. The van der Waals surface area contributed by atoms with Gasteiger partial charge in [-0.2, -0.15) is 0 Å². The quantitative estimate of drug-likeness (QED) is 0.592. The minimum Gasteiger partial charge on any atom is -0.329 e. The minimum absolute atomic E-state index is 0.475. The normalized spacial score (nSPS) is 12.8. The van der Waals surface area contributed by atoms with E-state index in [0.717, 1.165) is 18.8 Å². The van der Waals surface area contributed by atoms with Gasteiger partial charge in [0, 0.05) is 25.3 Å². The predicted octanol–water partition coefficient (Wildman–Crippen LogP) is 3.98. The summed E-state index contributed by atoms with van der Waals surface area (Å²) in [5.74, 6) is 0. The summed E-state index contributed by atoms with van der Waals surface area (Å²) in [5, 5.41) is 0. The summed E-state index contributed by atoms with van der Waals surface area (Å²) in [6, 6.07) is 6.56. The monoisotopic (exact) mass is 291 g/mol. The first kappa shape index (κ1) is 18.1. The summed E-state index contributed by atoms with van der Waals surface area (Å²) in [4.78, 5) is 6.74. The molecule has 0 aliphatic heterocycles. The van der Waals surface area contributed by atoms with E-state index in [1.54, 1.807) is 0 Å². The van der Waals surface area contributed by atoms with Crippen LogP contribution in [-0.2, 0) is 6.54 Å². The number of rotatable bonds is 12. The van der Waals surface area contributed by atoms with Crippen LogP contribution < -0.4 is 5.73 Å². The molecule has 0 amide bonds. The molecule has 0 aromatic carbocycles. The number of nitrogens with two attached hydrogens (primary N) is 1. The van der Waals surface area contributed by atoms with Crippen LogP contribution in [0.25, 0.3) is 0 Å². The van der Waals surface area contributed by atoms with Crippen molar-refractivity contribution in [1.29, 1.82) is 0 Å². The molecule has 1 aromatic heterocycles. The molecule has 2 N–H and O–H groups in total. The Morgan fingerprint density at radius 2 is 1.81 bits per heavy atom. The van der Waals surface area contributed by atoms with Crippen LogP contribution in [0.1, 0.15) is 64.0 Å². The Balaban J connectivity index is 2.18. The van der Waals surface area contributed by atoms with Gasteiger partial charge in [-0.3, -0.25) is 9.88 Å². The van der Waals surface area contributed by atoms with E-state index >= 15 is 0 Å². The number of nitrogens with zero attached hydrogens (tertiary/aromatic N) is 2. The van der Waals surface area contributed by atoms with E-state index in [1.165, 1.54) is 51.4 Å². The number of unbranched alkanes of at least 4 members (excludes halogenated alkanes) is 6. The van der Waals surface area contributed by atoms with Crippen LogP contribution >= 0.6 is 0 Å². The van der Waals surface area contributed by atoms with E-state index < -0.39 is 0 Å². The van der Waals surface area contributed by atoms with Crippen molar-refractivity contribution in [3.63, 3.8) is 0 Å². The highest BCUT2D eigenvalue weighted by atomic mass is 15.1. The van der Waals surface area contributed by atoms with Gasteiger partial charge in [0.1, 0.15) is 0 Å². The van der Waals surface area contributed by atoms with Gasteiger partial charge in [0.15, 0.2) is 0 Å². The van der Waals surface area contributed by atoms with Gasteiger partial charge in [0.25, 0.3) is 0 Å². The molecule has 0 saturated carbocycles. The van der Waals surface area contributed by atoms with Crippen molar-refractivity contribution in [1.82, 2.24) is 9.88 Å². The molecule has 1 rings (SSSR count). The molecule has 1 aromatic rings. The molecule has 0 radical (unpaired) electrons. The van der Waals surface area contributed by atoms with E-state index in [0.29, 0.717) is 6.04 Å². The zero-order chi connectivity index (χ0) is 15.3. The van der Waals surface area contributed by atoms with Gasteiger partial charge in [0.05, 0.1) is 5.69 Å². The Morgan fingerprint density at radius 1 is 1.10 bits per heavy atom. The molecule has 1 atom stereocenters. The standard InChI is InChI=1S/C18H33N3/c1-3-4-5-6-7-8-9-13-18(15-19)21(2)16-17-12-10-11-14-20-17/h10-12,14,18H,3-9,13,15-16,19H2,1-2H3. The molecule has 3 heteroatoms. The maximum absolute atomic E-state index is 5.95. The second-order valence-electron chi connectivity index (χ2n) is 6.04. The van der Waals surface area contributed by atoms with Gasteiger partial charge >= 0.3 is 0 Å². The summed E-state index contributed by atoms with van der Waals surface area (Å²) in [5.41, 5.74) is 7.07. The Morgan fingerprint density at radius 3 is 2.43 bits per heavy atom. The van der Waals surface area contributed by atoms with Crippen molar-refractivity contribution in [2.24, 2.45) is 5.73 Å². The highest BCUT2D eigenvalue weighted by Crippen LogP contribution is 2.13. The second-order valence-corrected chi connectivity index (χ2v) is 6.04. The predicted molar refractivity (Wildman–Crippen MR) is 91.2 cm³/mol. The fourth-order valence-corrected chi connectivity index (χ4v) is 2.73. The summed E-state index contributed by atoms with van der Waals surface area (Å²) < 4.78 is 0. The van der Waals surface area contributed by atoms with Crippen LogP contribution in [0.15, 0.2) is 24.4 Å². The average Bonchev–Trinajstić information content (AvgIpc) is 2.51. The third kappa shape index (κ3) is 8.18. The van der Waals surface area contributed by atoms with E-state index in [4.69, 9.17) is 5.73 Å². The number of likely N-dealkylation sites (N-methyl/N-ethyl adjacent to an activating group) is 1. The lowest BCUT2D eigenvalue weighted by atomic mass is 10.0. The number of aromatic nitrogens is 1. The van der Waals surface area contributed by atoms with E-state index in [1.807, 2.05) is 18.3 Å². The van der Waals surface area contributed by atoms with Gasteiger partial charge in [-0.15, -0.1) is 0 Å². The third-order valence-electron chi connectivity index (χ3n) is 4.17. The molecular formula is C18H33N3. The molecule has 0 spiro atoms. The molecule has 120 valence electrons. The van der Waals surface area contributed by atoms with Crippen LogP contribution in [0.2, 0.25) is 0 Å². The Labute approximate surface area is 130 Å². The van der Waals surface area contributed by atoms with Gasteiger partial charge in [-0.25, -0.2) is 0 Å². The SMILES string of the molecule is CCCCCCCCCC(CN)N(C)Cc1ccccn1. The van der Waals surface area contributed by atoms with Crippen LogP contribution in [-0.4, -0.2) is 29.5 Å². The van der Waals surface area contributed by atoms with Gasteiger partial charge < -0.3 is 5.73 Å². The number of hydrogen-bond acceptors (Lipinski definition) is 3. The highest BCUT2D eigenvalue weighted by Gasteiger charge is 2.13. The summed E-state index contributed by atoms with van der Waals surface area (Å²) in [6.45, 7) is 3.89. The van der Waals surface area contributed by atoms with Crippen molar-refractivity contribution in [3.8, 4) is 0 Å². The van der Waals surface area contributed by atoms with E-state index in [-0.39, 0.29) is 0 Å². The summed E-state index contributed by atoms with van der Waals surface area (Å²) in [6.07, 6.45) is 12.6. The van der Waals surface area contributed by atoms with Crippen LogP contribution in [0, 0.1) is 0 Å². The van der Waals surface area contributed by atoms with Gasteiger partial charge in [-0.05, 0) is 25.6 Å². The first-order valence-corrected chi connectivity index (χ1v) is 8.58. The zero-order valence-corrected chi connectivity index (χ0v) is 13.9. The van der Waals surface area contributed by atoms with Crippen molar-refractivity contribution in [2.45, 2.75) is 70.9 Å². The van der Waals surface area contributed by atoms with Crippen LogP contribution in [0.5, 0.6) is 0 Å².